The number of ether oxygens (including phenoxy) is 1. The Morgan fingerprint density at radius 2 is 1.79 bits per heavy atom. The minimum atomic E-state index is -0.219. The van der Waals surface area contributed by atoms with Gasteiger partial charge in [0.1, 0.15) is 10.8 Å². The number of hydrogen-bond donors (Lipinski definition) is 4. The zero-order valence-corrected chi connectivity index (χ0v) is 25.8. The minimum absolute atomic E-state index is 0.124. The summed E-state index contributed by atoms with van der Waals surface area (Å²) in [7, 11) is 3.22. The van der Waals surface area contributed by atoms with Crippen LogP contribution in [0.2, 0.25) is 5.02 Å². The van der Waals surface area contributed by atoms with E-state index in [-0.39, 0.29) is 11.8 Å². The van der Waals surface area contributed by atoms with E-state index in [4.69, 9.17) is 16.3 Å². The second kappa shape index (κ2) is 15.9. The molecule has 0 spiro atoms. The van der Waals surface area contributed by atoms with Gasteiger partial charge in [0.2, 0.25) is 11.9 Å². The summed E-state index contributed by atoms with van der Waals surface area (Å²) in [4.78, 5) is 37.4. The molecule has 0 atom stereocenters. The number of halogens is 1. The molecule has 4 N–H and O–H groups in total. The second-order valence-electron chi connectivity index (χ2n) is 10.2. The van der Waals surface area contributed by atoms with E-state index >= 15 is 0 Å². The van der Waals surface area contributed by atoms with E-state index in [0.717, 1.165) is 69.9 Å². The molecule has 4 rings (SSSR count). The number of para-hydroxylation sites is 1. The van der Waals surface area contributed by atoms with Gasteiger partial charge in [-0.3, -0.25) is 14.5 Å². The largest absolute Gasteiger partial charge is 0.494 e. The first-order valence-electron chi connectivity index (χ1n) is 14.7. The fourth-order valence-corrected chi connectivity index (χ4v) is 5.03. The number of nitrogens with one attached hydrogen (secondary N) is 4. The molecule has 0 bridgehead atoms. The molecule has 12 heteroatoms. The Bertz CT molecular complexity index is 1380. The van der Waals surface area contributed by atoms with E-state index in [9.17, 15) is 9.59 Å². The summed E-state index contributed by atoms with van der Waals surface area (Å²) >= 11 is 6.39. The number of carbonyl (C=O) groups excluding carboxylic acids is 2. The number of rotatable bonds is 14. The lowest BCUT2D eigenvalue weighted by Gasteiger charge is -2.36. The average Bonchev–Trinajstić information content (AvgIpc) is 3.04. The van der Waals surface area contributed by atoms with Crippen LogP contribution in [-0.2, 0) is 4.79 Å². The summed E-state index contributed by atoms with van der Waals surface area (Å²) in [6.45, 7) is 7.61. The standard InChI is InChI=1S/C31H41ClN8O3/c1-4-28(41)34-14-8-5-9-15-39-16-18-40(19-17-39)22-12-13-26(27(20-22)43-3)37-31-35-21-24(32)29(38-31)36-25-11-7-6-10-23(25)30(42)33-2/h6-7,10-13,20-21H,4-5,8-9,14-19H2,1-3H3,(H,33,42)(H,34,41)(H2,35,36,37,38). The van der Waals surface area contributed by atoms with Crippen LogP contribution in [0.15, 0.2) is 48.7 Å². The lowest BCUT2D eigenvalue weighted by molar-refractivity contribution is -0.120. The number of anilines is 5. The fourth-order valence-electron chi connectivity index (χ4n) is 4.89. The molecule has 1 saturated heterocycles. The van der Waals surface area contributed by atoms with Gasteiger partial charge in [0.15, 0.2) is 5.82 Å². The number of piperazine rings is 1. The van der Waals surface area contributed by atoms with Gasteiger partial charge in [-0.2, -0.15) is 4.98 Å². The quantitative estimate of drug-likeness (QED) is 0.191. The highest BCUT2D eigenvalue weighted by atomic mass is 35.5. The summed E-state index contributed by atoms with van der Waals surface area (Å²) in [5.41, 5.74) is 2.87. The van der Waals surface area contributed by atoms with Crippen molar-refractivity contribution in [1.82, 2.24) is 25.5 Å². The molecule has 1 aliphatic rings. The summed E-state index contributed by atoms with van der Waals surface area (Å²) in [5, 5.41) is 12.3. The number of amides is 2. The third kappa shape index (κ3) is 8.95. The first-order valence-corrected chi connectivity index (χ1v) is 15.1. The van der Waals surface area contributed by atoms with Crippen LogP contribution in [0.1, 0.15) is 43.0 Å². The zero-order valence-electron chi connectivity index (χ0n) is 25.1. The maximum Gasteiger partial charge on any atom is 0.253 e. The first-order chi connectivity index (χ1) is 20.9. The zero-order chi connectivity index (χ0) is 30.6. The third-order valence-corrected chi connectivity index (χ3v) is 7.64. The molecular weight excluding hydrogens is 568 g/mol. The molecule has 1 fully saturated rings. The van der Waals surface area contributed by atoms with Gasteiger partial charge in [-0.1, -0.05) is 37.1 Å². The maximum absolute atomic E-state index is 12.3. The van der Waals surface area contributed by atoms with Crippen molar-refractivity contribution in [3.63, 3.8) is 0 Å². The van der Waals surface area contributed by atoms with E-state index in [1.54, 1.807) is 32.4 Å². The van der Waals surface area contributed by atoms with Crippen LogP contribution in [0, 0.1) is 0 Å². The molecule has 2 heterocycles. The summed E-state index contributed by atoms with van der Waals surface area (Å²) in [5.74, 6) is 1.28. The van der Waals surface area contributed by atoms with Crippen LogP contribution in [0.3, 0.4) is 0 Å². The highest BCUT2D eigenvalue weighted by Crippen LogP contribution is 2.33. The van der Waals surface area contributed by atoms with Gasteiger partial charge >= 0.3 is 0 Å². The van der Waals surface area contributed by atoms with Crippen LogP contribution < -0.4 is 30.9 Å². The molecule has 11 nitrogen and oxygen atoms in total. The normalized spacial score (nSPS) is 13.3. The Balaban J connectivity index is 1.33. The first kappa shape index (κ1) is 31.8. The smallest absolute Gasteiger partial charge is 0.253 e. The van der Waals surface area contributed by atoms with Gasteiger partial charge in [0, 0.05) is 57.9 Å². The number of benzene rings is 2. The predicted octanol–water partition coefficient (Wildman–Crippen LogP) is 4.80. The van der Waals surface area contributed by atoms with E-state index < -0.39 is 0 Å². The molecular formula is C31H41ClN8O3. The minimum Gasteiger partial charge on any atom is -0.494 e. The highest BCUT2D eigenvalue weighted by molar-refractivity contribution is 6.33. The van der Waals surface area contributed by atoms with Gasteiger partial charge in [-0.05, 0) is 43.7 Å². The fraction of sp³-hybridized carbons (Fsp3) is 0.419. The second-order valence-corrected chi connectivity index (χ2v) is 10.6. The van der Waals surface area contributed by atoms with Gasteiger partial charge in [-0.15, -0.1) is 0 Å². The summed E-state index contributed by atoms with van der Waals surface area (Å²) < 4.78 is 5.71. The predicted molar refractivity (Wildman–Crippen MR) is 172 cm³/mol. The molecule has 0 saturated carbocycles. The Labute approximate surface area is 258 Å². The van der Waals surface area contributed by atoms with Crippen LogP contribution in [0.25, 0.3) is 0 Å². The van der Waals surface area contributed by atoms with Crippen molar-refractivity contribution in [2.24, 2.45) is 0 Å². The van der Waals surface area contributed by atoms with Crippen molar-refractivity contribution < 1.29 is 14.3 Å². The van der Waals surface area contributed by atoms with E-state index in [0.29, 0.717) is 40.2 Å². The summed E-state index contributed by atoms with van der Waals surface area (Å²) in [6.07, 6.45) is 5.33. The van der Waals surface area contributed by atoms with Crippen molar-refractivity contribution in [1.29, 1.82) is 0 Å². The Kier molecular flexibility index (Phi) is 11.8. The van der Waals surface area contributed by atoms with E-state index in [2.05, 4.69) is 47.1 Å². The van der Waals surface area contributed by atoms with Crippen LogP contribution in [-0.4, -0.2) is 80.1 Å². The van der Waals surface area contributed by atoms with E-state index in [1.165, 1.54) is 6.20 Å². The molecule has 0 radical (unpaired) electrons. The lowest BCUT2D eigenvalue weighted by Crippen LogP contribution is -2.46. The lowest BCUT2D eigenvalue weighted by atomic mass is 10.1. The Morgan fingerprint density at radius 1 is 1.00 bits per heavy atom. The van der Waals surface area contributed by atoms with Gasteiger partial charge in [0.05, 0.1) is 30.2 Å². The topological polar surface area (TPSA) is 124 Å². The highest BCUT2D eigenvalue weighted by Gasteiger charge is 2.19. The molecule has 1 aromatic heterocycles. The van der Waals surface area contributed by atoms with Crippen LogP contribution in [0.4, 0.5) is 28.8 Å². The number of methoxy groups -OCH3 is 1. The number of hydrogen-bond acceptors (Lipinski definition) is 9. The summed E-state index contributed by atoms with van der Waals surface area (Å²) in [6, 6.07) is 13.2. The van der Waals surface area contributed by atoms with E-state index in [1.807, 2.05) is 25.1 Å². The molecule has 2 aromatic carbocycles. The Morgan fingerprint density at radius 3 is 2.53 bits per heavy atom. The van der Waals surface area contributed by atoms with Gasteiger partial charge in [-0.25, -0.2) is 4.98 Å². The van der Waals surface area contributed by atoms with Crippen molar-refractivity contribution in [3.8, 4) is 5.75 Å². The van der Waals surface area contributed by atoms with Crippen molar-refractivity contribution in [2.45, 2.75) is 32.6 Å². The van der Waals surface area contributed by atoms with Crippen molar-refractivity contribution in [3.05, 3.63) is 59.2 Å². The number of aromatic nitrogens is 2. The number of nitrogens with zero attached hydrogens (tertiary/aromatic N) is 4. The van der Waals surface area contributed by atoms with Crippen LogP contribution in [0.5, 0.6) is 5.75 Å². The number of unbranched alkanes of at least 4 members (excludes halogenated alkanes) is 2. The molecule has 3 aromatic rings. The van der Waals surface area contributed by atoms with Crippen LogP contribution >= 0.6 is 11.6 Å². The molecule has 1 aliphatic heterocycles. The number of carbonyl (C=O) groups is 2. The van der Waals surface area contributed by atoms with Gasteiger partial charge in [0.25, 0.3) is 5.91 Å². The third-order valence-electron chi connectivity index (χ3n) is 7.36. The average molecular weight is 609 g/mol. The maximum atomic E-state index is 12.3. The van der Waals surface area contributed by atoms with Crippen molar-refractivity contribution >= 4 is 52.2 Å². The van der Waals surface area contributed by atoms with Crippen molar-refractivity contribution in [2.75, 3.05) is 69.0 Å². The molecule has 0 aliphatic carbocycles. The SMILES string of the molecule is CCC(=O)NCCCCCN1CCN(c2ccc(Nc3ncc(Cl)c(Nc4ccccc4C(=O)NC)n3)c(OC)c2)CC1. The monoisotopic (exact) mass is 608 g/mol. The molecule has 43 heavy (non-hydrogen) atoms. The molecule has 0 unspecified atom stereocenters. The molecule has 2 amide bonds. The molecule has 230 valence electrons. The Hall–Kier alpha value is -4.09. The van der Waals surface area contributed by atoms with Gasteiger partial charge < -0.3 is 30.9 Å².